The van der Waals surface area contributed by atoms with Crippen molar-refractivity contribution in [2.75, 3.05) is 5.32 Å². The number of anilines is 1. The van der Waals surface area contributed by atoms with Gasteiger partial charge in [-0.25, -0.2) is 4.98 Å². The van der Waals surface area contributed by atoms with Crippen LogP contribution in [-0.2, 0) is 7.05 Å². The van der Waals surface area contributed by atoms with Crippen molar-refractivity contribution in [2.24, 2.45) is 7.05 Å². The molecule has 0 bridgehead atoms. The Balaban J connectivity index is 1.51. The summed E-state index contributed by atoms with van der Waals surface area (Å²) in [4.78, 5) is 30.2. The first-order valence-electron chi connectivity index (χ1n) is 9.50. The standard InChI is InChI=1S/C23H19ClN4O2S/c1-28-13-12-25-21(28)20(15-4-8-17(24)9-5-15)27-22(29)16-6-10-18(11-7-16)26-23(30)19-3-2-14-31-19/h2-14,20H,1H3,(H,26,30)(H,27,29)/t20-/m1/s1. The molecular formula is C23H19ClN4O2S. The van der Waals surface area contributed by atoms with Gasteiger partial charge in [0.05, 0.1) is 4.88 Å². The molecule has 0 unspecified atom stereocenters. The number of halogens is 1. The molecule has 4 aromatic rings. The number of aryl methyl sites for hydroxylation is 1. The number of hydrogen-bond acceptors (Lipinski definition) is 4. The van der Waals surface area contributed by atoms with Crippen LogP contribution in [-0.4, -0.2) is 21.4 Å². The molecule has 0 spiro atoms. The fourth-order valence-corrected chi connectivity index (χ4v) is 3.87. The summed E-state index contributed by atoms with van der Waals surface area (Å²) in [6, 6.07) is 17.2. The molecule has 0 aliphatic carbocycles. The Labute approximate surface area is 188 Å². The highest BCUT2D eigenvalue weighted by Crippen LogP contribution is 2.23. The topological polar surface area (TPSA) is 76.0 Å². The molecule has 0 fully saturated rings. The summed E-state index contributed by atoms with van der Waals surface area (Å²) in [5, 5.41) is 8.34. The van der Waals surface area contributed by atoms with Crippen molar-refractivity contribution < 1.29 is 9.59 Å². The Morgan fingerprint density at radius 3 is 2.39 bits per heavy atom. The number of rotatable bonds is 6. The van der Waals surface area contributed by atoms with Crippen LogP contribution in [0.5, 0.6) is 0 Å². The zero-order valence-corrected chi connectivity index (χ0v) is 18.2. The fourth-order valence-electron chi connectivity index (χ4n) is 3.13. The van der Waals surface area contributed by atoms with Crippen LogP contribution in [0.15, 0.2) is 78.4 Å². The quantitative estimate of drug-likeness (QED) is 0.438. The van der Waals surface area contributed by atoms with E-state index in [1.54, 1.807) is 48.7 Å². The predicted molar refractivity (Wildman–Crippen MR) is 123 cm³/mol. The fraction of sp³-hybridized carbons (Fsp3) is 0.0870. The number of benzene rings is 2. The maximum Gasteiger partial charge on any atom is 0.265 e. The highest BCUT2D eigenvalue weighted by atomic mass is 35.5. The average molecular weight is 451 g/mol. The Morgan fingerprint density at radius 1 is 1.03 bits per heavy atom. The summed E-state index contributed by atoms with van der Waals surface area (Å²) < 4.78 is 1.86. The molecule has 156 valence electrons. The number of nitrogens with zero attached hydrogens (tertiary/aromatic N) is 2. The molecule has 2 N–H and O–H groups in total. The van der Waals surface area contributed by atoms with E-state index < -0.39 is 6.04 Å². The largest absolute Gasteiger partial charge is 0.338 e. The molecule has 8 heteroatoms. The number of carbonyl (C=O) groups excluding carboxylic acids is 2. The van der Waals surface area contributed by atoms with Crippen molar-refractivity contribution in [1.29, 1.82) is 0 Å². The number of nitrogens with one attached hydrogen (secondary N) is 2. The second-order valence-corrected chi connectivity index (χ2v) is 8.25. The van der Waals surface area contributed by atoms with E-state index in [1.807, 2.05) is 41.4 Å². The first-order valence-corrected chi connectivity index (χ1v) is 10.8. The second-order valence-electron chi connectivity index (χ2n) is 6.86. The summed E-state index contributed by atoms with van der Waals surface area (Å²) in [5.41, 5.74) is 1.96. The molecular weight excluding hydrogens is 432 g/mol. The zero-order valence-electron chi connectivity index (χ0n) is 16.6. The van der Waals surface area contributed by atoms with Crippen LogP contribution in [0.25, 0.3) is 0 Å². The Kier molecular flexibility index (Phi) is 6.16. The van der Waals surface area contributed by atoms with E-state index in [0.717, 1.165) is 5.56 Å². The van der Waals surface area contributed by atoms with Crippen molar-refractivity contribution >= 4 is 40.4 Å². The lowest BCUT2D eigenvalue weighted by Crippen LogP contribution is -2.31. The van der Waals surface area contributed by atoms with Gasteiger partial charge in [-0.3, -0.25) is 9.59 Å². The minimum Gasteiger partial charge on any atom is -0.338 e. The van der Waals surface area contributed by atoms with Gasteiger partial charge in [0, 0.05) is 35.7 Å². The lowest BCUT2D eigenvalue weighted by molar-refractivity contribution is 0.0940. The van der Waals surface area contributed by atoms with Gasteiger partial charge < -0.3 is 15.2 Å². The zero-order chi connectivity index (χ0) is 21.8. The van der Waals surface area contributed by atoms with Crippen LogP contribution < -0.4 is 10.6 Å². The summed E-state index contributed by atoms with van der Waals surface area (Å²) in [6.45, 7) is 0. The third-order valence-electron chi connectivity index (χ3n) is 4.75. The average Bonchev–Trinajstić information content (AvgIpc) is 3.45. The summed E-state index contributed by atoms with van der Waals surface area (Å²) >= 11 is 7.39. The number of amides is 2. The molecule has 2 amide bonds. The molecule has 2 aromatic carbocycles. The number of carbonyl (C=O) groups is 2. The Hall–Kier alpha value is -3.42. The van der Waals surface area contributed by atoms with Gasteiger partial charge in [0.15, 0.2) is 0 Å². The van der Waals surface area contributed by atoms with Crippen LogP contribution in [0.3, 0.4) is 0 Å². The monoisotopic (exact) mass is 450 g/mol. The molecule has 31 heavy (non-hydrogen) atoms. The lowest BCUT2D eigenvalue weighted by atomic mass is 10.1. The Bertz CT molecular complexity index is 1190. The summed E-state index contributed by atoms with van der Waals surface area (Å²) in [7, 11) is 1.88. The van der Waals surface area contributed by atoms with Gasteiger partial charge in [0.25, 0.3) is 11.8 Å². The summed E-state index contributed by atoms with van der Waals surface area (Å²) in [5.74, 6) is 0.277. The first-order chi connectivity index (χ1) is 15.0. The second kappa shape index (κ2) is 9.16. The van der Waals surface area contributed by atoms with E-state index in [-0.39, 0.29) is 11.8 Å². The SMILES string of the molecule is Cn1ccnc1[C@H](NC(=O)c1ccc(NC(=O)c2cccs2)cc1)c1ccc(Cl)cc1. The van der Waals surface area contributed by atoms with E-state index in [4.69, 9.17) is 11.6 Å². The molecule has 4 rings (SSSR count). The molecule has 1 atom stereocenters. The minimum atomic E-state index is -0.442. The van der Waals surface area contributed by atoms with E-state index in [9.17, 15) is 9.59 Å². The van der Waals surface area contributed by atoms with E-state index in [1.165, 1.54) is 11.3 Å². The molecule has 0 aliphatic rings. The molecule has 0 saturated carbocycles. The van der Waals surface area contributed by atoms with Gasteiger partial charge in [-0.1, -0.05) is 29.8 Å². The molecule has 0 aliphatic heterocycles. The van der Waals surface area contributed by atoms with Crippen molar-refractivity contribution in [3.63, 3.8) is 0 Å². The van der Waals surface area contributed by atoms with E-state index in [0.29, 0.717) is 27.0 Å². The molecule has 0 saturated heterocycles. The highest BCUT2D eigenvalue weighted by Gasteiger charge is 2.21. The normalized spacial score (nSPS) is 11.7. The third kappa shape index (κ3) is 4.84. The number of hydrogen-bond donors (Lipinski definition) is 2. The van der Waals surface area contributed by atoms with E-state index >= 15 is 0 Å². The van der Waals surface area contributed by atoms with Gasteiger partial charge in [0.1, 0.15) is 11.9 Å². The number of aromatic nitrogens is 2. The number of thiophene rings is 1. The van der Waals surface area contributed by atoms with Crippen LogP contribution in [0.2, 0.25) is 5.02 Å². The smallest absolute Gasteiger partial charge is 0.265 e. The third-order valence-corrected chi connectivity index (χ3v) is 5.87. The molecule has 0 radical (unpaired) electrons. The lowest BCUT2D eigenvalue weighted by Gasteiger charge is -2.19. The van der Waals surface area contributed by atoms with Crippen molar-refractivity contribution in [2.45, 2.75) is 6.04 Å². The minimum absolute atomic E-state index is 0.176. The van der Waals surface area contributed by atoms with Gasteiger partial charge in [0.2, 0.25) is 0 Å². The highest BCUT2D eigenvalue weighted by molar-refractivity contribution is 7.12. The molecule has 2 heterocycles. The van der Waals surface area contributed by atoms with Crippen LogP contribution in [0.4, 0.5) is 5.69 Å². The van der Waals surface area contributed by atoms with Gasteiger partial charge in [-0.15, -0.1) is 11.3 Å². The maximum absolute atomic E-state index is 13.0. The number of imidazole rings is 1. The first kappa shape index (κ1) is 20.8. The van der Waals surface area contributed by atoms with E-state index in [2.05, 4.69) is 15.6 Å². The van der Waals surface area contributed by atoms with Crippen LogP contribution in [0.1, 0.15) is 37.5 Å². The van der Waals surface area contributed by atoms with Crippen molar-refractivity contribution in [1.82, 2.24) is 14.9 Å². The van der Waals surface area contributed by atoms with Gasteiger partial charge in [-0.05, 0) is 53.4 Å². The summed E-state index contributed by atoms with van der Waals surface area (Å²) in [6.07, 6.45) is 3.52. The Morgan fingerprint density at radius 2 is 1.77 bits per heavy atom. The van der Waals surface area contributed by atoms with Crippen LogP contribution in [0, 0.1) is 0 Å². The predicted octanol–water partition coefficient (Wildman–Crippen LogP) is 4.91. The maximum atomic E-state index is 13.0. The molecule has 2 aromatic heterocycles. The van der Waals surface area contributed by atoms with Crippen LogP contribution >= 0.6 is 22.9 Å². The van der Waals surface area contributed by atoms with Gasteiger partial charge in [-0.2, -0.15) is 0 Å². The van der Waals surface area contributed by atoms with Crippen molar-refractivity contribution in [3.8, 4) is 0 Å². The van der Waals surface area contributed by atoms with Crippen molar-refractivity contribution in [3.05, 3.63) is 105 Å². The molecule has 6 nitrogen and oxygen atoms in total. The van der Waals surface area contributed by atoms with Gasteiger partial charge >= 0.3 is 0 Å².